The number of anilines is 1. The van der Waals surface area contributed by atoms with E-state index in [1.807, 2.05) is 48.5 Å². The van der Waals surface area contributed by atoms with E-state index in [1.54, 1.807) is 42.3 Å². The SMILES string of the molecule is COc1ccc(C(=O)C2CCC(=O)N2c2ccccc2CNC(=O)OCc2ccccc2)cc1. The van der Waals surface area contributed by atoms with Gasteiger partial charge in [-0.25, -0.2) is 4.79 Å². The van der Waals surface area contributed by atoms with Crippen molar-refractivity contribution in [3.63, 3.8) is 0 Å². The first-order valence-corrected chi connectivity index (χ1v) is 11.1. The topological polar surface area (TPSA) is 84.9 Å². The van der Waals surface area contributed by atoms with Gasteiger partial charge in [0.2, 0.25) is 5.91 Å². The average Bonchev–Trinajstić information content (AvgIpc) is 3.27. The molecule has 1 N–H and O–H groups in total. The van der Waals surface area contributed by atoms with Gasteiger partial charge in [0.15, 0.2) is 5.78 Å². The molecule has 174 valence electrons. The number of ketones is 1. The normalized spacial score (nSPS) is 15.1. The van der Waals surface area contributed by atoms with Crippen molar-refractivity contribution < 1.29 is 23.9 Å². The van der Waals surface area contributed by atoms with E-state index in [0.29, 0.717) is 23.4 Å². The molecule has 4 rings (SSSR count). The maximum absolute atomic E-state index is 13.2. The Morgan fingerprint density at radius 2 is 1.68 bits per heavy atom. The van der Waals surface area contributed by atoms with Crippen molar-refractivity contribution in [3.8, 4) is 5.75 Å². The third-order valence-electron chi connectivity index (χ3n) is 5.78. The number of carbonyl (C=O) groups excluding carboxylic acids is 3. The summed E-state index contributed by atoms with van der Waals surface area (Å²) in [7, 11) is 1.57. The van der Waals surface area contributed by atoms with Gasteiger partial charge >= 0.3 is 6.09 Å². The van der Waals surface area contributed by atoms with Gasteiger partial charge in [-0.3, -0.25) is 9.59 Å². The summed E-state index contributed by atoms with van der Waals surface area (Å²) in [6.45, 7) is 0.328. The summed E-state index contributed by atoms with van der Waals surface area (Å²) >= 11 is 0. The second kappa shape index (κ2) is 10.7. The van der Waals surface area contributed by atoms with Crippen LogP contribution < -0.4 is 15.0 Å². The van der Waals surface area contributed by atoms with Gasteiger partial charge in [0.1, 0.15) is 18.4 Å². The van der Waals surface area contributed by atoms with Crippen LogP contribution in [-0.2, 0) is 22.7 Å². The molecule has 1 aliphatic rings. The number of rotatable bonds is 8. The lowest BCUT2D eigenvalue weighted by Gasteiger charge is -2.26. The highest BCUT2D eigenvalue weighted by Gasteiger charge is 2.38. The molecular formula is C27H26N2O5. The standard InChI is InChI=1S/C27H26N2O5/c1-33-22-13-11-20(12-14-22)26(31)24-15-16-25(30)29(24)23-10-6-5-9-21(23)17-28-27(32)34-18-19-7-3-2-4-8-19/h2-14,24H,15-18H2,1H3,(H,28,32). The molecule has 0 spiro atoms. The molecule has 1 atom stereocenters. The lowest BCUT2D eigenvalue weighted by atomic mass is 10.0. The lowest BCUT2D eigenvalue weighted by molar-refractivity contribution is -0.117. The van der Waals surface area contributed by atoms with Crippen LogP contribution in [0.4, 0.5) is 10.5 Å². The number of Topliss-reactive ketones (excluding diaryl/α,β-unsaturated/α-hetero) is 1. The van der Waals surface area contributed by atoms with Crippen LogP contribution in [0.3, 0.4) is 0 Å². The molecule has 7 nitrogen and oxygen atoms in total. The first kappa shape index (κ1) is 23.0. The summed E-state index contributed by atoms with van der Waals surface area (Å²) in [6.07, 6.45) is 0.162. The van der Waals surface area contributed by atoms with E-state index in [4.69, 9.17) is 9.47 Å². The smallest absolute Gasteiger partial charge is 0.407 e. The van der Waals surface area contributed by atoms with Gasteiger partial charge in [-0.15, -0.1) is 0 Å². The van der Waals surface area contributed by atoms with Crippen LogP contribution in [0.15, 0.2) is 78.9 Å². The number of methoxy groups -OCH3 is 1. The molecule has 7 heteroatoms. The quantitative estimate of drug-likeness (QED) is 0.503. The van der Waals surface area contributed by atoms with Crippen LogP contribution >= 0.6 is 0 Å². The molecule has 0 saturated carbocycles. The summed E-state index contributed by atoms with van der Waals surface area (Å²) in [5.41, 5.74) is 2.74. The Morgan fingerprint density at radius 3 is 2.41 bits per heavy atom. The third-order valence-corrected chi connectivity index (χ3v) is 5.78. The van der Waals surface area contributed by atoms with E-state index >= 15 is 0 Å². The summed E-state index contributed by atoms with van der Waals surface area (Å²) in [4.78, 5) is 39.8. The van der Waals surface area contributed by atoms with Crippen molar-refractivity contribution in [2.24, 2.45) is 0 Å². The van der Waals surface area contributed by atoms with E-state index in [1.165, 1.54) is 0 Å². The van der Waals surface area contributed by atoms with Gasteiger partial charge in [-0.1, -0.05) is 48.5 Å². The first-order chi connectivity index (χ1) is 16.6. The third kappa shape index (κ3) is 5.26. The number of para-hydroxylation sites is 1. The highest BCUT2D eigenvalue weighted by molar-refractivity contribution is 6.10. The van der Waals surface area contributed by atoms with Gasteiger partial charge in [0.05, 0.1) is 7.11 Å². The molecule has 0 aromatic heterocycles. The first-order valence-electron chi connectivity index (χ1n) is 11.1. The Hall–Kier alpha value is -4.13. The van der Waals surface area contributed by atoms with E-state index in [2.05, 4.69) is 5.32 Å². The zero-order valence-electron chi connectivity index (χ0n) is 18.9. The summed E-state index contributed by atoms with van der Waals surface area (Å²) < 4.78 is 10.4. The van der Waals surface area contributed by atoms with Crippen LogP contribution in [0.5, 0.6) is 5.75 Å². The minimum atomic E-state index is -0.605. The minimum absolute atomic E-state index is 0.119. The van der Waals surface area contributed by atoms with Crippen LogP contribution in [0.25, 0.3) is 0 Å². The minimum Gasteiger partial charge on any atom is -0.497 e. The van der Waals surface area contributed by atoms with Gasteiger partial charge in [-0.2, -0.15) is 0 Å². The lowest BCUT2D eigenvalue weighted by Crippen LogP contribution is -2.39. The number of ether oxygens (including phenoxy) is 2. The maximum atomic E-state index is 13.2. The fraction of sp³-hybridized carbons (Fsp3) is 0.222. The zero-order chi connectivity index (χ0) is 23.9. The van der Waals surface area contributed by atoms with Gasteiger partial charge in [0, 0.05) is 24.2 Å². The molecule has 0 radical (unpaired) electrons. The Labute approximate surface area is 198 Å². The van der Waals surface area contributed by atoms with E-state index < -0.39 is 12.1 Å². The highest BCUT2D eigenvalue weighted by atomic mass is 16.5. The van der Waals surface area contributed by atoms with Gasteiger partial charge in [0.25, 0.3) is 0 Å². The molecular weight excluding hydrogens is 432 g/mol. The molecule has 3 aromatic carbocycles. The number of benzene rings is 3. The molecule has 0 aliphatic carbocycles. The van der Waals surface area contributed by atoms with E-state index in [9.17, 15) is 14.4 Å². The monoisotopic (exact) mass is 458 g/mol. The molecule has 1 saturated heterocycles. The fourth-order valence-corrected chi connectivity index (χ4v) is 4.02. The Morgan fingerprint density at radius 1 is 0.971 bits per heavy atom. The molecule has 0 bridgehead atoms. The van der Waals surface area contributed by atoms with Crippen LogP contribution in [0.2, 0.25) is 0 Å². The van der Waals surface area contributed by atoms with Crippen molar-refractivity contribution in [1.29, 1.82) is 0 Å². The number of amides is 2. The van der Waals surface area contributed by atoms with Crippen molar-refractivity contribution >= 4 is 23.5 Å². The molecule has 1 unspecified atom stereocenters. The number of nitrogens with one attached hydrogen (secondary N) is 1. The number of carbonyl (C=O) groups is 3. The number of hydrogen-bond donors (Lipinski definition) is 1. The Balaban J connectivity index is 1.46. The maximum Gasteiger partial charge on any atom is 0.407 e. The predicted octanol–water partition coefficient (Wildman–Crippen LogP) is 4.50. The molecule has 34 heavy (non-hydrogen) atoms. The van der Waals surface area contributed by atoms with Crippen LogP contribution in [-0.4, -0.2) is 30.9 Å². The highest BCUT2D eigenvalue weighted by Crippen LogP contribution is 2.31. The molecule has 1 heterocycles. The summed E-state index contributed by atoms with van der Waals surface area (Å²) in [6, 6.07) is 22.9. The second-order valence-electron chi connectivity index (χ2n) is 7.95. The van der Waals surface area contributed by atoms with Crippen LogP contribution in [0, 0.1) is 0 Å². The molecule has 1 fully saturated rings. The van der Waals surface area contributed by atoms with Gasteiger partial charge in [-0.05, 0) is 47.9 Å². The van der Waals surface area contributed by atoms with Crippen molar-refractivity contribution in [3.05, 3.63) is 95.6 Å². The van der Waals surface area contributed by atoms with E-state index in [-0.39, 0.29) is 31.3 Å². The fourth-order valence-electron chi connectivity index (χ4n) is 4.02. The molecule has 2 amide bonds. The Bertz CT molecular complexity index is 1160. The summed E-state index contributed by atoms with van der Waals surface area (Å²) in [5, 5.41) is 2.74. The zero-order valence-corrected chi connectivity index (χ0v) is 18.9. The van der Waals surface area contributed by atoms with Crippen molar-refractivity contribution in [2.45, 2.75) is 32.0 Å². The van der Waals surface area contributed by atoms with Gasteiger partial charge < -0.3 is 19.7 Å². The molecule has 3 aromatic rings. The van der Waals surface area contributed by atoms with Crippen molar-refractivity contribution in [2.75, 3.05) is 12.0 Å². The number of hydrogen-bond acceptors (Lipinski definition) is 5. The van der Waals surface area contributed by atoms with Crippen molar-refractivity contribution in [1.82, 2.24) is 5.32 Å². The predicted molar refractivity (Wildman–Crippen MR) is 128 cm³/mol. The van der Waals surface area contributed by atoms with E-state index in [0.717, 1.165) is 11.1 Å². The summed E-state index contributed by atoms with van der Waals surface area (Å²) in [5.74, 6) is 0.413. The number of alkyl carbamates (subject to hydrolysis) is 1. The Kier molecular flexibility index (Phi) is 7.22. The van der Waals surface area contributed by atoms with Crippen LogP contribution in [0.1, 0.15) is 34.3 Å². The second-order valence-corrected chi connectivity index (χ2v) is 7.95. The molecule has 1 aliphatic heterocycles. The average molecular weight is 459 g/mol. The number of nitrogens with zero attached hydrogens (tertiary/aromatic N) is 1. The largest absolute Gasteiger partial charge is 0.497 e.